The number of amides is 2. The highest BCUT2D eigenvalue weighted by Gasteiger charge is 2.24. The highest BCUT2D eigenvalue weighted by Crippen LogP contribution is 2.26. The van der Waals surface area contributed by atoms with E-state index in [9.17, 15) is 24.3 Å². The monoisotopic (exact) mass is 492 g/mol. The van der Waals surface area contributed by atoms with Gasteiger partial charge in [-0.05, 0) is 35.4 Å². The predicted molar refractivity (Wildman–Crippen MR) is 132 cm³/mol. The Morgan fingerprint density at radius 1 is 1.03 bits per heavy atom. The number of ether oxygens (including phenoxy) is 2. The van der Waals surface area contributed by atoms with Crippen molar-refractivity contribution in [1.29, 1.82) is 0 Å². The molecule has 35 heavy (non-hydrogen) atoms. The summed E-state index contributed by atoms with van der Waals surface area (Å²) in [5, 5.41) is 14.7. The minimum Gasteiger partial charge on any atom is -0.480 e. The van der Waals surface area contributed by atoms with E-state index in [-0.39, 0.29) is 61.7 Å². The van der Waals surface area contributed by atoms with Crippen LogP contribution in [-0.4, -0.2) is 54.7 Å². The largest absolute Gasteiger partial charge is 0.480 e. The topological polar surface area (TPSA) is 131 Å². The van der Waals surface area contributed by atoms with E-state index in [2.05, 4.69) is 10.6 Å². The van der Waals surface area contributed by atoms with Crippen molar-refractivity contribution in [1.82, 2.24) is 10.6 Å². The van der Waals surface area contributed by atoms with Gasteiger partial charge in [0.2, 0.25) is 11.8 Å². The number of benzene rings is 1. The van der Waals surface area contributed by atoms with Crippen LogP contribution in [0.1, 0.15) is 72.3 Å². The Kier molecular flexibility index (Phi) is 12.4. The molecule has 0 aliphatic rings. The van der Waals surface area contributed by atoms with Crippen molar-refractivity contribution in [2.75, 3.05) is 19.8 Å². The first-order valence-corrected chi connectivity index (χ1v) is 11.9. The predicted octanol–water partition coefficient (Wildman–Crippen LogP) is 3.27. The Bertz CT molecular complexity index is 844. The lowest BCUT2D eigenvalue weighted by molar-refractivity contribution is -0.142. The molecule has 0 saturated heterocycles. The standard InChI is InChI=1S/C26H40N2O7/c1-17(2)15-21(19-7-9-20(10-8-19)35-18(3)29)24(31)27-12-14-34-13-11-22(25(32)33)28-23(30)16-26(4,5)6/h7-10,17,21-22H,11-16H2,1-6H3,(H,27,31)(H,28,30)(H,32,33)/t21-,22+/m1/s1. The molecule has 0 aromatic heterocycles. The van der Waals surface area contributed by atoms with E-state index >= 15 is 0 Å². The third-order valence-electron chi connectivity index (χ3n) is 4.99. The number of nitrogens with one attached hydrogen (secondary N) is 2. The summed E-state index contributed by atoms with van der Waals surface area (Å²) in [6.07, 6.45) is 1.01. The summed E-state index contributed by atoms with van der Waals surface area (Å²) in [6.45, 7) is 11.7. The van der Waals surface area contributed by atoms with Crippen LogP contribution in [0.2, 0.25) is 0 Å². The van der Waals surface area contributed by atoms with E-state index in [0.717, 1.165) is 5.56 Å². The van der Waals surface area contributed by atoms with Gasteiger partial charge in [-0.2, -0.15) is 0 Å². The van der Waals surface area contributed by atoms with Gasteiger partial charge in [-0.25, -0.2) is 4.79 Å². The van der Waals surface area contributed by atoms with Crippen LogP contribution in [0.15, 0.2) is 24.3 Å². The molecule has 0 aliphatic carbocycles. The SMILES string of the molecule is CC(=O)Oc1ccc([C@@H](CC(C)C)C(=O)NCCOCC[C@H](NC(=O)CC(C)(C)C)C(=O)O)cc1. The number of hydrogen-bond acceptors (Lipinski definition) is 6. The zero-order valence-electron chi connectivity index (χ0n) is 21.7. The number of carbonyl (C=O) groups excluding carboxylic acids is 3. The minimum absolute atomic E-state index is 0.129. The zero-order chi connectivity index (χ0) is 26.6. The average Bonchev–Trinajstić information content (AvgIpc) is 2.72. The second-order valence-electron chi connectivity index (χ2n) is 10.2. The molecule has 0 heterocycles. The molecular weight excluding hydrogens is 452 g/mol. The molecule has 3 N–H and O–H groups in total. The molecular formula is C26H40N2O7. The number of aliphatic carboxylic acids is 1. The van der Waals surface area contributed by atoms with E-state index in [4.69, 9.17) is 9.47 Å². The maximum atomic E-state index is 12.8. The van der Waals surface area contributed by atoms with Crippen LogP contribution in [0.4, 0.5) is 0 Å². The van der Waals surface area contributed by atoms with Gasteiger partial charge < -0.3 is 25.2 Å². The van der Waals surface area contributed by atoms with Crippen LogP contribution in [0.5, 0.6) is 5.75 Å². The van der Waals surface area contributed by atoms with Crippen LogP contribution >= 0.6 is 0 Å². The fraction of sp³-hybridized carbons (Fsp3) is 0.615. The van der Waals surface area contributed by atoms with Crippen LogP contribution in [0.25, 0.3) is 0 Å². The maximum absolute atomic E-state index is 12.8. The van der Waals surface area contributed by atoms with Crippen molar-refractivity contribution in [2.45, 2.75) is 72.8 Å². The van der Waals surface area contributed by atoms with E-state index in [1.165, 1.54) is 6.92 Å². The van der Waals surface area contributed by atoms with Gasteiger partial charge >= 0.3 is 11.9 Å². The molecule has 9 nitrogen and oxygen atoms in total. The summed E-state index contributed by atoms with van der Waals surface area (Å²) >= 11 is 0. The lowest BCUT2D eigenvalue weighted by Crippen LogP contribution is -2.42. The van der Waals surface area contributed by atoms with Crippen molar-refractivity contribution in [3.05, 3.63) is 29.8 Å². The number of carbonyl (C=O) groups is 4. The Morgan fingerprint density at radius 3 is 2.17 bits per heavy atom. The van der Waals surface area contributed by atoms with Crippen molar-refractivity contribution < 1.29 is 33.8 Å². The quantitative estimate of drug-likeness (QED) is 0.206. The Hall–Kier alpha value is -2.94. The summed E-state index contributed by atoms with van der Waals surface area (Å²) in [6, 6.07) is 5.87. The lowest BCUT2D eigenvalue weighted by Gasteiger charge is -2.20. The van der Waals surface area contributed by atoms with Gasteiger partial charge in [0.1, 0.15) is 11.8 Å². The average molecular weight is 493 g/mol. The van der Waals surface area contributed by atoms with Crippen molar-refractivity contribution >= 4 is 23.8 Å². The first-order chi connectivity index (χ1) is 16.3. The molecule has 2 atom stereocenters. The summed E-state index contributed by atoms with van der Waals surface area (Å²) in [7, 11) is 0. The number of carboxylic acid groups (broad SMARTS) is 1. The van der Waals surface area contributed by atoms with Gasteiger partial charge in [0.05, 0.1) is 12.5 Å². The van der Waals surface area contributed by atoms with E-state index in [1.807, 2.05) is 34.6 Å². The van der Waals surface area contributed by atoms with Gasteiger partial charge in [0.25, 0.3) is 0 Å². The van der Waals surface area contributed by atoms with Gasteiger partial charge in [-0.3, -0.25) is 14.4 Å². The number of esters is 1. The molecule has 1 aromatic carbocycles. The van der Waals surface area contributed by atoms with E-state index in [0.29, 0.717) is 12.2 Å². The molecule has 0 aliphatic heterocycles. The fourth-order valence-corrected chi connectivity index (χ4v) is 3.46. The number of hydrogen-bond donors (Lipinski definition) is 3. The molecule has 0 fully saturated rings. The molecule has 9 heteroatoms. The van der Waals surface area contributed by atoms with Gasteiger partial charge in [0.15, 0.2) is 0 Å². The number of carboxylic acids is 1. The Morgan fingerprint density at radius 2 is 1.66 bits per heavy atom. The van der Waals surface area contributed by atoms with Gasteiger partial charge in [0, 0.05) is 32.9 Å². The van der Waals surface area contributed by atoms with E-state index < -0.39 is 18.0 Å². The molecule has 196 valence electrons. The number of rotatable bonds is 14. The van der Waals surface area contributed by atoms with E-state index in [1.54, 1.807) is 24.3 Å². The zero-order valence-corrected chi connectivity index (χ0v) is 21.7. The third-order valence-corrected chi connectivity index (χ3v) is 4.99. The normalized spacial score (nSPS) is 13.1. The molecule has 0 saturated carbocycles. The molecule has 0 bridgehead atoms. The van der Waals surface area contributed by atoms with Crippen molar-refractivity contribution in [3.63, 3.8) is 0 Å². The van der Waals surface area contributed by atoms with Gasteiger partial charge in [-0.1, -0.05) is 46.8 Å². The van der Waals surface area contributed by atoms with Crippen LogP contribution < -0.4 is 15.4 Å². The Labute approximate surface area is 207 Å². The lowest BCUT2D eigenvalue weighted by atomic mass is 9.89. The second kappa shape index (κ2) is 14.5. The van der Waals surface area contributed by atoms with Gasteiger partial charge in [-0.15, -0.1) is 0 Å². The van der Waals surface area contributed by atoms with Crippen LogP contribution in [0, 0.1) is 11.3 Å². The molecule has 0 unspecified atom stereocenters. The molecule has 1 rings (SSSR count). The Balaban J connectivity index is 2.51. The van der Waals surface area contributed by atoms with Crippen LogP contribution in [-0.2, 0) is 23.9 Å². The first-order valence-electron chi connectivity index (χ1n) is 11.9. The molecule has 2 amide bonds. The highest BCUT2D eigenvalue weighted by atomic mass is 16.5. The summed E-state index contributed by atoms with van der Waals surface area (Å²) in [5.41, 5.74) is 0.586. The molecule has 0 radical (unpaired) electrons. The third kappa shape index (κ3) is 12.9. The van der Waals surface area contributed by atoms with Crippen molar-refractivity contribution in [3.8, 4) is 5.75 Å². The summed E-state index contributed by atoms with van der Waals surface area (Å²) in [5.74, 6) is -1.62. The highest BCUT2D eigenvalue weighted by molar-refractivity contribution is 5.84. The summed E-state index contributed by atoms with van der Waals surface area (Å²) in [4.78, 5) is 47.4. The second-order valence-corrected chi connectivity index (χ2v) is 10.2. The molecule has 1 aromatic rings. The van der Waals surface area contributed by atoms with Crippen LogP contribution in [0.3, 0.4) is 0 Å². The smallest absolute Gasteiger partial charge is 0.326 e. The van der Waals surface area contributed by atoms with Crippen molar-refractivity contribution in [2.24, 2.45) is 11.3 Å². The summed E-state index contributed by atoms with van der Waals surface area (Å²) < 4.78 is 10.5. The fourth-order valence-electron chi connectivity index (χ4n) is 3.46. The molecule has 0 spiro atoms. The maximum Gasteiger partial charge on any atom is 0.326 e. The first kappa shape index (κ1) is 30.1. The minimum atomic E-state index is -1.11.